The van der Waals surface area contributed by atoms with Gasteiger partial charge in [-0.1, -0.05) is 18.2 Å². The number of hydrogen-bond donors (Lipinski definition) is 0. The number of hydrogen-bond acceptors (Lipinski definition) is 4. The van der Waals surface area contributed by atoms with Gasteiger partial charge < -0.3 is 4.90 Å². The molecule has 3 rings (SSSR count). The lowest BCUT2D eigenvalue weighted by Gasteiger charge is -2.14. The van der Waals surface area contributed by atoms with Crippen molar-refractivity contribution in [2.75, 3.05) is 19.0 Å². The zero-order chi connectivity index (χ0) is 16.4. The molecule has 23 heavy (non-hydrogen) atoms. The summed E-state index contributed by atoms with van der Waals surface area (Å²) < 4.78 is 2.09. The van der Waals surface area contributed by atoms with E-state index in [0.717, 1.165) is 30.9 Å². The van der Waals surface area contributed by atoms with Crippen molar-refractivity contribution in [3.05, 3.63) is 57.5 Å². The number of thiazole rings is 1. The van der Waals surface area contributed by atoms with Gasteiger partial charge in [0, 0.05) is 18.6 Å². The first-order chi connectivity index (χ1) is 11.1. The molecule has 0 atom stereocenters. The molecule has 0 saturated carbocycles. The molecule has 5 heteroatoms. The van der Waals surface area contributed by atoms with E-state index in [4.69, 9.17) is 0 Å². The molecular weight excluding hydrogens is 370 g/mol. The Bertz CT molecular complexity index is 902. The van der Waals surface area contributed by atoms with Gasteiger partial charge in [0.25, 0.3) is 0 Å². The number of fused-ring (bicyclic) bond motifs is 1. The summed E-state index contributed by atoms with van der Waals surface area (Å²) >= 11 is 5.12. The Labute approximate surface area is 147 Å². The molecular formula is C18H14BrN3S. The molecule has 0 radical (unpaired) electrons. The molecule has 0 bridgehead atoms. The summed E-state index contributed by atoms with van der Waals surface area (Å²) in [6, 6.07) is 16.2. The van der Waals surface area contributed by atoms with Gasteiger partial charge >= 0.3 is 0 Å². The Morgan fingerprint density at radius 3 is 2.70 bits per heavy atom. The number of para-hydroxylation sites is 1. The Morgan fingerprint density at radius 2 is 2.04 bits per heavy atom. The summed E-state index contributed by atoms with van der Waals surface area (Å²) in [5, 5.41) is 10.3. The molecule has 114 valence electrons. The number of halogens is 1. The van der Waals surface area contributed by atoms with Crippen LogP contribution < -0.4 is 4.90 Å². The number of aromatic nitrogens is 1. The van der Waals surface area contributed by atoms with E-state index < -0.39 is 0 Å². The Kier molecular flexibility index (Phi) is 4.46. The van der Waals surface area contributed by atoms with Crippen LogP contribution in [0.25, 0.3) is 21.9 Å². The van der Waals surface area contributed by atoms with E-state index in [-0.39, 0.29) is 0 Å². The fourth-order valence-electron chi connectivity index (χ4n) is 2.27. The normalized spacial score (nSPS) is 11.5. The van der Waals surface area contributed by atoms with Gasteiger partial charge in [-0.15, -0.1) is 11.3 Å². The average Bonchev–Trinajstić information content (AvgIpc) is 2.96. The Balaban J connectivity index is 2.02. The maximum absolute atomic E-state index is 9.51. The third kappa shape index (κ3) is 3.29. The van der Waals surface area contributed by atoms with Crippen molar-refractivity contribution in [2.24, 2.45) is 0 Å². The summed E-state index contributed by atoms with van der Waals surface area (Å²) in [4.78, 5) is 6.59. The van der Waals surface area contributed by atoms with Gasteiger partial charge in [0.2, 0.25) is 0 Å². The van der Waals surface area contributed by atoms with Gasteiger partial charge in [-0.3, -0.25) is 0 Å². The predicted octanol–water partition coefficient (Wildman–Crippen LogP) is 5.19. The van der Waals surface area contributed by atoms with E-state index in [1.165, 1.54) is 11.3 Å². The summed E-state index contributed by atoms with van der Waals surface area (Å²) in [6.07, 6.45) is 1.88. The average molecular weight is 384 g/mol. The van der Waals surface area contributed by atoms with Crippen LogP contribution in [0.1, 0.15) is 10.6 Å². The van der Waals surface area contributed by atoms with Gasteiger partial charge in [-0.05, 0) is 51.8 Å². The highest BCUT2D eigenvalue weighted by atomic mass is 79.9. The van der Waals surface area contributed by atoms with Crippen molar-refractivity contribution < 1.29 is 0 Å². The van der Waals surface area contributed by atoms with Gasteiger partial charge in [0.15, 0.2) is 0 Å². The minimum atomic E-state index is 0.579. The van der Waals surface area contributed by atoms with Crippen molar-refractivity contribution >= 4 is 54.8 Å². The van der Waals surface area contributed by atoms with Crippen molar-refractivity contribution in [1.82, 2.24) is 4.98 Å². The molecule has 0 saturated heterocycles. The van der Waals surface area contributed by atoms with Crippen LogP contribution >= 0.6 is 27.3 Å². The van der Waals surface area contributed by atoms with E-state index >= 15 is 0 Å². The van der Waals surface area contributed by atoms with Crippen LogP contribution in [0.15, 0.2) is 46.9 Å². The molecule has 0 unspecified atom stereocenters. The molecule has 2 aromatic carbocycles. The van der Waals surface area contributed by atoms with Gasteiger partial charge in [0.1, 0.15) is 11.1 Å². The van der Waals surface area contributed by atoms with Crippen LogP contribution in [0.3, 0.4) is 0 Å². The highest BCUT2D eigenvalue weighted by molar-refractivity contribution is 9.10. The number of rotatable bonds is 3. The van der Waals surface area contributed by atoms with Crippen molar-refractivity contribution in [3.8, 4) is 6.07 Å². The second-order valence-corrected chi connectivity index (χ2v) is 7.15. The number of anilines is 1. The largest absolute Gasteiger partial charge is 0.377 e. The topological polar surface area (TPSA) is 39.9 Å². The molecule has 0 fully saturated rings. The number of benzene rings is 2. The zero-order valence-corrected chi connectivity index (χ0v) is 15.1. The van der Waals surface area contributed by atoms with E-state index in [1.54, 1.807) is 0 Å². The predicted molar refractivity (Wildman–Crippen MR) is 102 cm³/mol. The first-order valence-corrected chi connectivity index (χ1v) is 8.64. The smallest absolute Gasteiger partial charge is 0.135 e. The molecule has 0 amide bonds. The summed E-state index contributed by atoms with van der Waals surface area (Å²) in [5.74, 6) is 0. The van der Waals surface area contributed by atoms with Gasteiger partial charge in [0.05, 0.1) is 21.5 Å². The Morgan fingerprint density at radius 1 is 1.26 bits per heavy atom. The molecule has 1 heterocycles. The second kappa shape index (κ2) is 6.53. The summed E-state index contributed by atoms with van der Waals surface area (Å²) in [7, 11) is 3.99. The van der Waals surface area contributed by atoms with E-state index in [2.05, 4.69) is 27.0 Å². The van der Waals surface area contributed by atoms with Crippen LogP contribution in [0, 0.1) is 11.3 Å². The van der Waals surface area contributed by atoms with Crippen LogP contribution in [-0.4, -0.2) is 19.1 Å². The van der Waals surface area contributed by atoms with Crippen LogP contribution in [0.5, 0.6) is 0 Å². The van der Waals surface area contributed by atoms with Gasteiger partial charge in [-0.2, -0.15) is 5.26 Å². The van der Waals surface area contributed by atoms with E-state index in [1.807, 2.05) is 67.5 Å². The maximum atomic E-state index is 9.51. The molecule has 0 aliphatic rings. The molecule has 3 nitrogen and oxygen atoms in total. The fourth-order valence-corrected chi connectivity index (χ4v) is 3.95. The second-order valence-electron chi connectivity index (χ2n) is 5.26. The minimum Gasteiger partial charge on any atom is -0.377 e. The molecule has 0 spiro atoms. The molecule has 0 aliphatic heterocycles. The lowest BCUT2D eigenvalue weighted by Crippen LogP contribution is -2.09. The molecule has 0 aliphatic carbocycles. The van der Waals surface area contributed by atoms with E-state index in [0.29, 0.717) is 5.57 Å². The highest BCUT2D eigenvalue weighted by Gasteiger charge is 2.09. The van der Waals surface area contributed by atoms with Crippen molar-refractivity contribution in [3.63, 3.8) is 0 Å². The standard InChI is InChI=1S/C18H14BrN3S/c1-22(2)16-8-7-12(10-14(16)19)9-13(11-20)18-21-15-5-3-4-6-17(15)23-18/h3-10H,1-2H3. The number of allylic oxidation sites excluding steroid dienone is 1. The monoisotopic (exact) mass is 383 g/mol. The van der Waals surface area contributed by atoms with Crippen molar-refractivity contribution in [2.45, 2.75) is 0 Å². The quantitative estimate of drug-likeness (QED) is 0.584. The van der Waals surface area contributed by atoms with Gasteiger partial charge in [-0.25, -0.2) is 4.98 Å². The minimum absolute atomic E-state index is 0.579. The zero-order valence-electron chi connectivity index (χ0n) is 12.7. The third-order valence-electron chi connectivity index (χ3n) is 3.41. The lowest BCUT2D eigenvalue weighted by molar-refractivity contribution is 1.12. The number of nitriles is 1. The van der Waals surface area contributed by atoms with Crippen molar-refractivity contribution in [1.29, 1.82) is 5.26 Å². The van der Waals surface area contributed by atoms with Crippen LogP contribution in [0.4, 0.5) is 5.69 Å². The first-order valence-electron chi connectivity index (χ1n) is 7.03. The number of nitrogens with zero attached hydrogens (tertiary/aromatic N) is 3. The molecule has 3 aromatic rings. The third-order valence-corrected chi connectivity index (χ3v) is 5.11. The fraction of sp³-hybridized carbons (Fsp3) is 0.111. The lowest BCUT2D eigenvalue weighted by atomic mass is 10.1. The summed E-state index contributed by atoms with van der Waals surface area (Å²) in [6.45, 7) is 0. The van der Waals surface area contributed by atoms with Crippen LogP contribution in [0.2, 0.25) is 0 Å². The Hall–Kier alpha value is -2.16. The first kappa shape index (κ1) is 15.7. The maximum Gasteiger partial charge on any atom is 0.135 e. The van der Waals surface area contributed by atoms with E-state index in [9.17, 15) is 5.26 Å². The van der Waals surface area contributed by atoms with Crippen LogP contribution in [-0.2, 0) is 0 Å². The summed E-state index contributed by atoms with van der Waals surface area (Å²) in [5.41, 5.74) is 3.58. The highest BCUT2D eigenvalue weighted by Crippen LogP contribution is 2.30. The molecule has 0 N–H and O–H groups in total. The SMILES string of the molecule is CN(C)c1ccc(C=C(C#N)c2nc3ccccc3s2)cc1Br. The molecule has 1 aromatic heterocycles.